The molecule has 3 rings (SSSR count). The molecule has 1 aliphatic heterocycles. The lowest BCUT2D eigenvalue weighted by molar-refractivity contribution is 0.789. The molecule has 0 fully saturated rings. The Morgan fingerprint density at radius 1 is 1.17 bits per heavy atom. The van der Waals surface area contributed by atoms with Gasteiger partial charge in [0.25, 0.3) is 0 Å². The van der Waals surface area contributed by atoms with E-state index < -0.39 is 0 Å². The van der Waals surface area contributed by atoms with Gasteiger partial charge in [0.15, 0.2) is 5.11 Å². The van der Waals surface area contributed by atoms with E-state index in [2.05, 4.69) is 47.1 Å². The summed E-state index contributed by atoms with van der Waals surface area (Å²) in [5, 5.41) is 7.20. The molecule has 1 heterocycles. The van der Waals surface area contributed by atoms with Crippen LogP contribution in [0.5, 0.6) is 0 Å². The Morgan fingerprint density at radius 3 is 2.72 bits per heavy atom. The fraction of sp³-hybridized carbons (Fsp3) is 0.133. The van der Waals surface area contributed by atoms with Gasteiger partial charge in [0.2, 0.25) is 0 Å². The summed E-state index contributed by atoms with van der Waals surface area (Å²) in [6, 6.07) is 10.5. The van der Waals surface area contributed by atoms with E-state index in [0.29, 0.717) is 5.11 Å². The van der Waals surface area contributed by atoms with Gasteiger partial charge in [0.05, 0.1) is 6.04 Å². The molecule has 0 saturated carbocycles. The van der Waals surface area contributed by atoms with Crippen LogP contribution in [-0.2, 0) is 0 Å². The molecule has 18 heavy (non-hydrogen) atoms. The van der Waals surface area contributed by atoms with Gasteiger partial charge in [-0.1, -0.05) is 48.6 Å². The van der Waals surface area contributed by atoms with E-state index >= 15 is 0 Å². The highest BCUT2D eigenvalue weighted by molar-refractivity contribution is 7.80. The molecule has 0 amide bonds. The molecule has 1 aromatic rings. The van der Waals surface area contributed by atoms with Crippen molar-refractivity contribution in [3.63, 3.8) is 0 Å². The lowest BCUT2D eigenvalue weighted by Gasteiger charge is -2.27. The molecule has 2 N–H and O–H groups in total. The molecule has 3 heteroatoms. The zero-order chi connectivity index (χ0) is 12.4. The van der Waals surface area contributed by atoms with Crippen molar-refractivity contribution in [3.8, 4) is 0 Å². The van der Waals surface area contributed by atoms with E-state index in [-0.39, 0.29) is 6.04 Å². The monoisotopic (exact) mass is 254 g/mol. The molecule has 90 valence electrons. The third-order valence-corrected chi connectivity index (χ3v) is 3.37. The van der Waals surface area contributed by atoms with E-state index in [0.717, 1.165) is 17.7 Å². The van der Waals surface area contributed by atoms with Crippen molar-refractivity contribution < 1.29 is 0 Å². The summed E-state index contributed by atoms with van der Waals surface area (Å²) >= 11 is 5.28. The van der Waals surface area contributed by atoms with Gasteiger partial charge in [-0.05, 0) is 35.9 Å². The van der Waals surface area contributed by atoms with Crippen LogP contribution in [0.15, 0.2) is 60.2 Å². The first-order valence-corrected chi connectivity index (χ1v) is 6.44. The largest absolute Gasteiger partial charge is 0.352 e. The molecule has 2 aliphatic rings. The summed E-state index contributed by atoms with van der Waals surface area (Å²) in [5.74, 6) is 0. The molecule has 1 atom stereocenters. The van der Waals surface area contributed by atoms with Gasteiger partial charge in [0, 0.05) is 5.70 Å². The molecule has 0 radical (unpaired) electrons. The number of hydrogen-bond donors (Lipinski definition) is 2. The first-order chi connectivity index (χ1) is 8.83. The van der Waals surface area contributed by atoms with Crippen LogP contribution >= 0.6 is 12.2 Å². The number of nitrogens with one attached hydrogen (secondary N) is 2. The smallest absolute Gasteiger partial charge is 0.171 e. The van der Waals surface area contributed by atoms with Crippen LogP contribution in [0, 0.1) is 0 Å². The van der Waals surface area contributed by atoms with E-state index in [1.54, 1.807) is 0 Å². The van der Waals surface area contributed by atoms with Gasteiger partial charge >= 0.3 is 0 Å². The van der Waals surface area contributed by atoms with Crippen molar-refractivity contribution in [2.75, 3.05) is 0 Å². The topological polar surface area (TPSA) is 24.1 Å². The average molecular weight is 254 g/mol. The standard InChI is InChI=1S/C15H14N2S/c18-15-16-13(11-6-2-1-3-7-11)10-14(17-15)12-8-4-5-9-12/h1-8,10,14H,9H2,(H2,16,17,18). The second kappa shape index (κ2) is 4.78. The fourth-order valence-electron chi connectivity index (χ4n) is 2.23. The number of benzene rings is 1. The summed E-state index contributed by atoms with van der Waals surface area (Å²) in [6.07, 6.45) is 9.61. The fourth-order valence-corrected chi connectivity index (χ4v) is 2.47. The number of thiocarbonyl (C=S) groups is 1. The lowest BCUT2D eigenvalue weighted by atomic mass is 10.0. The van der Waals surface area contributed by atoms with Crippen molar-refractivity contribution in [2.24, 2.45) is 0 Å². The summed E-state index contributed by atoms with van der Waals surface area (Å²) in [4.78, 5) is 0. The van der Waals surface area contributed by atoms with Gasteiger partial charge in [0.1, 0.15) is 0 Å². The second-order valence-electron chi connectivity index (χ2n) is 4.40. The SMILES string of the molecule is S=C1NC(c2ccccc2)=CC(C2=CC=CC2)N1. The lowest BCUT2D eigenvalue weighted by Crippen LogP contribution is -2.45. The number of allylic oxidation sites excluding steroid dienone is 3. The van der Waals surface area contributed by atoms with Gasteiger partial charge in [-0.15, -0.1) is 0 Å². The van der Waals surface area contributed by atoms with Crippen molar-refractivity contribution in [1.29, 1.82) is 0 Å². The minimum Gasteiger partial charge on any atom is -0.352 e. The van der Waals surface area contributed by atoms with Crippen molar-refractivity contribution in [1.82, 2.24) is 10.6 Å². The van der Waals surface area contributed by atoms with Crippen LogP contribution in [0.4, 0.5) is 0 Å². The Hall–Kier alpha value is -1.87. The van der Waals surface area contributed by atoms with E-state index in [1.807, 2.05) is 18.2 Å². The Balaban J connectivity index is 1.91. The quantitative estimate of drug-likeness (QED) is 0.794. The number of hydrogen-bond acceptors (Lipinski definition) is 1. The molecule has 1 unspecified atom stereocenters. The van der Waals surface area contributed by atoms with Crippen LogP contribution in [0.25, 0.3) is 5.70 Å². The first kappa shape index (κ1) is 11.2. The van der Waals surface area contributed by atoms with Gasteiger partial charge in [-0.3, -0.25) is 0 Å². The highest BCUT2D eigenvalue weighted by atomic mass is 32.1. The minimum atomic E-state index is 0.198. The molecule has 0 bridgehead atoms. The maximum Gasteiger partial charge on any atom is 0.171 e. The van der Waals surface area contributed by atoms with Gasteiger partial charge in [-0.25, -0.2) is 0 Å². The van der Waals surface area contributed by atoms with E-state index in [9.17, 15) is 0 Å². The molecule has 0 aromatic heterocycles. The van der Waals surface area contributed by atoms with Crippen LogP contribution in [-0.4, -0.2) is 11.2 Å². The summed E-state index contributed by atoms with van der Waals surface area (Å²) < 4.78 is 0. The molecule has 0 spiro atoms. The molecule has 0 saturated heterocycles. The average Bonchev–Trinajstić information content (AvgIpc) is 2.93. The maximum atomic E-state index is 5.28. The number of rotatable bonds is 2. The van der Waals surface area contributed by atoms with E-state index in [1.165, 1.54) is 5.57 Å². The normalized spacial score (nSPS) is 22.0. The maximum absolute atomic E-state index is 5.28. The third kappa shape index (κ3) is 2.22. The summed E-state index contributed by atoms with van der Waals surface area (Å²) in [6.45, 7) is 0. The van der Waals surface area contributed by atoms with Crippen molar-refractivity contribution in [3.05, 3.63) is 65.8 Å². The van der Waals surface area contributed by atoms with Crippen molar-refractivity contribution >= 4 is 23.0 Å². The Morgan fingerprint density at radius 2 is 2.00 bits per heavy atom. The zero-order valence-corrected chi connectivity index (χ0v) is 10.7. The van der Waals surface area contributed by atoms with E-state index in [4.69, 9.17) is 12.2 Å². The highest BCUT2D eigenvalue weighted by Crippen LogP contribution is 2.22. The minimum absolute atomic E-state index is 0.198. The Kier molecular flexibility index (Phi) is 2.99. The van der Waals surface area contributed by atoms with Crippen LogP contribution < -0.4 is 10.6 Å². The van der Waals surface area contributed by atoms with Crippen LogP contribution in [0.3, 0.4) is 0 Å². The van der Waals surface area contributed by atoms with Crippen molar-refractivity contribution in [2.45, 2.75) is 12.5 Å². The first-order valence-electron chi connectivity index (χ1n) is 6.03. The Labute approximate surface area is 112 Å². The van der Waals surface area contributed by atoms with Crippen LogP contribution in [0.1, 0.15) is 12.0 Å². The molecule has 2 nitrogen and oxygen atoms in total. The predicted molar refractivity (Wildman–Crippen MR) is 78.9 cm³/mol. The molecule has 1 aliphatic carbocycles. The van der Waals surface area contributed by atoms with Crippen LogP contribution in [0.2, 0.25) is 0 Å². The predicted octanol–water partition coefficient (Wildman–Crippen LogP) is 2.76. The molecule has 1 aromatic carbocycles. The molecular formula is C15H14N2S. The van der Waals surface area contributed by atoms with Gasteiger partial charge in [-0.2, -0.15) is 0 Å². The zero-order valence-electron chi connectivity index (χ0n) is 9.89. The third-order valence-electron chi connectivity index (χ3n) is 3.15. The second-order valence-corrected chi connectivity index (χ2v) is 4.80. The Bertz CT molecular complexity index is 555. The summed E-state index contributed by atoms with van der Waals surface area (Å²) in [7, 11) is 0. The summed E-state index contributed by atoms with van der Waals surface area (Å²) in [5.41, 5.74) is 3.60. The molecular weight excluding hydrogens is 240 g/mol. The van der Waals surface area contributed by atoms with Gasteiger partial charge < -0.3 is 10.6 Å². The highest BCUT2D eigenvalue weighted by Gasteiger charge is 2.20.